The van der Waals surface area contributed by atoms with Gasteiger partial charge in [0.05, 0.1) is 16.0 Å². The second kappa shape index (κ2) is 5.60. The van der Waals surface area contributed by atoms with Crippen LogP contribution in [0.25, 0.3) is 10.2 Å². The number of hydrogen-bond donors (Lipinski definition) is 0. The van der Waals surface area contributed by atoms with E-state index in [0.717, 1.165) is 17.0 Å². The van der Waals surface area contributed by atoms with Gasteiger partial charge in [-0.15, -0.1) is 33.3 Å². The Balaban J connectivity index is 1.29. The highest BCUT2D eigenvalue weighted by molar-refractivity contribution is 7.97. The van der Waals surface area contributed by atoms with Crippen LogP contribution in [0.5, 0.6) is 0 Å². The van der Waals surface area contributed by atoms with Crippen molar-refractivity contribution in [1.82, 2.24) is 19.7 Å². The number of aromatic nitrogens is 4. The van der Waals surface area contributed by atoms with Crippen LogP contribution in [0.1, 0.15) is 54.3 Å². The molecule has 4 nitrogen and oxygen atoms in total. The van der Waals surface area contributed by atoms with Gasteiger partial charge in [-0.3, -0.25) is 0 Å². The van der Waals surface area contributed by atoms with Crippen molar-refractivity contribution in [3.05, 3.63) is 40.9 Å². The molecule has 2 fully saturated rings. The molecule has 2 aliphatic carbocycles. The molecule has 0 spiro atoms. The third-order valence-electron chi connectivity index (χ3n) is 4.44. The third-order valence-corrected chi connectivity index (χ3v) is 6.60. The molecule has 0 amide bonds. The molecule has 6 heteroatoms. The first-order valence-corrected chi connectivity index (χ1v) is 10.2. The number of rotatable bonds is 6. The van der Waals surface area contributed by atoms with Gasteiger partial charge < -0.3 is 4.57 Å². The van der Waals surface area contributed by atoms with Crippen molar-refractivity contribution in [2.24, 2.45) is 0 Å². The monoisotopic (exact) mass is 342 g/mol. The average molecular weight is 342 g/mol. The largest absolute Gasteiger partial charge is 0.311 e. The van der Waals surface area contributed by atoms with Crippen LogP contribution in [-0.4, -0.2) is 19.7 Å². The Bertz CT molecular complexity index is 812. The van der Waals surface area contributed by atoms with Crippen molar-refractivity contribution in [2.75, 3.05) is 0 Å². The van der Waals surface area contributed by atoms with E-state index in [1.807, 2.05) is 11.8 Å². The minimum Gasteiger partial charge on any atom is -0.311 e. The molecule has 0 radical (unpaired) electrons. The molecule has 0 atom stereocenters. The minimum absolute atomic E-state index is 0.679. The predicted molar refractivity (Wildman–Crippen MR) is 94.9 cm³/mol. The van der Waals surface area contributed by atoms with Crippen LogP contribution in [0, 0.1) is 0 Å². The first kappa shape index (κ1) is 14.0. The maximum Gasteiger partial charge on any atom is 0.143 e. The summed E-state index contributed by atoms with van der Waals surface area (Å²) in [5, 5.41) is 10.2. The number of nitrogens with zero attached hydrogens (tertiary/aromatic N) is 4. The summed E-state index contributed by atoms with van der Waals surface area (Å²) in [7, 11) is 0. The first-order valence-electron chi connectivity index (χ1n) is 8.24. The molecule has 0 bridgehead atoms. The van der Waals surface area contributed by atoms with Gasteiger partial charge in [0.1, 0.15) is 16.7 Å². The fourth-order valence-corrected chi connectivity index (χ4v) is 4.97. The molecule has 118 valence electrons. The van der Waals surface area contributed by atoms with E-state index in [2.05, 4.69) is 39.0 Å². The van der Waals surface area contributed by atoms with E-state index < -0.39 is 0 Å². The fourth-order valence-electron chi connectivity index (χ4n) is 3.00. The number of fused-ring (bicyclic) bond motifs is 1. The van der Waals surface area contributed by atoms with E-state index in [-0.39, 0.29) is 0 Å². The Kier molecular flexibility index (Phi) is 3.40. The molecule has 0 unspecified atom stereocenters. The summed E-state index contributed by atoms with van der Waals surface area (Å²) in [4.78, 5) is 4.71. The van der Waals surface area contributed by atoms with Gasteiger partial charge in [-0.2, -0.15) is 0 Å². The lowest BCUT2D eigenvalue weighted by atomic mass is 10.3. The highest BCUT2D eigenvalue weighted by atomic mass is 32.2. The summed E-state index contributed by atoms with van der Waals surface area (Å²) >= 11 is 3.70. The molecule has 5 rings (SSSR count). The van der Waals surface area contributed by atoms with Crippen LogP contribution in [-0.2, 0) is 11.5 Å². The van der Waals surface area contributed by atoms with Crippen LogP contribution in [0.2, 0.25) is 0 Å². The lowest BCUT2D eigenvalue weighted by molar-refractivity contribution is 0.661. The summed E-state index contributed by atoms with van der Waals surface area (Å²) in [5.41, 5.74) is 1.12. The second-order valence-corrected chi connectivity index (χ2v) is 8.52. The number of hydrogen-bond acceptors (Lipinski definition) is 5. The molecule has 0 N–H and O–H groups in total. The molecule has 2 aliphatic rings. The molecule has 2 saturated carbocycles. The number of thioether (sulfide) groups is 1. The molecule has 1 aromatic carbocycles. The van der Waals surface area contributed by atoms with Crippen molar-refractivity contribution in [2.45, 2.75) is 49.1 Å². The van der Waals surface area contributed by atoms with Gasteiger partial charge in [-0.05, 0) is 37.8 Å². The summed E-state index contributed by atoms with van der Waals surface area (Å²) in [5.74, 6) is 5.00. The lowest BCUT2D eigenvalue weighted by Crippen LogP contribution is -2.04. The normalized spacial score (nSPS) is 17.9. The van der Waals surface area contributed by atoms with Crippen molar-refractivity contribution in [1.29, 1.82) is 0 Å². The summed E-state index contributed by atoms with van der Waals surface area (Å²) < 4.78 is 3.73. The molecule has 3 aromatic rings. The molecule has 23 heavy (non-hydrogen) atoms. The van der Waals surface area contributed by atoms with Gasteiger partial charge in [0.15, 0.2) is 0 Å². The summed E-state index contributed by atoms with van der Waals surface area (Å²) in [6.45, 7) is 0. The topological polar surface area (TPSA) is 43.6 Å². The van der Waals surface area contributed by atoms with Crippen molar-refractivity contribution < 1.29 is 0 Å². The zero-order valence-electron chi connectivity index (χ0n) is 12.8. The molecule has 2 heterocycles. The highest BCUT2D eigenvalue weighted by Crippen LogP contribution is 2.45. The Morgan fingerprint density at radius 2 is 1.96 bits per heavy atom. The quantitative estimate of drug-likeness (QED) is 0.660. The third kappa shape index (κ3) is 2.78. The molecule has 2 aromatic heterocycles. The van der Waals surface area contributed by atoms with Crippen molar-refractivity contribution in [3.63, 3.8) is 0 Å². The van der Waals surface area contributed by atoms with E-state index >= 15 is 0 Å². The van der Waals surface area contributed by atoms with E-state index in [4.69, 9.17) is 4.98 Å². The van der Waals surface area contributed by atoms with Gasteiger partial charge in [0, 0.05) is 17.7 Å². The molecular formula is C17H18N4S2. The number of thiazole rings is 1. The van der Waals surface area contributed by atoms with Crippen molar-refractivity contribution >= 4 is 33.3 Å². The Hall–Kier alpha value is -1.40. The fraction of sp³-hybridized carbons (Fsp3) is 0.471. The Morgan fingerprint density at radius 1 is 1.09 bits per heavy atom. The first-order chi connectivity index (χ1) is 11.4. The smallest absolute Gasteiger partial charge is 0.143 e. The van der Waals surface area contributed by atoms with Gasteiger partial charge in [-0.1, -0.05) is 12.1 Å². The number of para-hydroxylation sites is 1. The Morgan fingerprint density at radius 3 is 2.74 bits per heavy atom. The van der Waals surface area contributed by atoms with Gasteiger partial charge >= 0.3 is 0 Å². The molecular weight excluding hydrogens is 324 g/mol. The van der Waals surface area contributed by atoms with Crippen LogP contribution in [0.3, 0.4) is 0 Å². The Labute approximate surface area is 143 Å². The number of benzene rings is 1. The maximum atomic E-state index is 4.71. The lowest BCUT2D eigenvalue weighted by Gasteiger charge is -2.07. The summed E-state index contributed by atoms with van der Waals surface area (Å²) in [6, 6.07) is 9.04. The van der Waals surface area contributed by atoms with E-state index in [9.17, 15) is 0 Å². The van der Waals surface area contributed by atoms with Gasteiger partial charge in [0.25, 0.3) is 0 Å². The summed E-state index contributed by atoms with van der Waals surface area (Å²) in [6.07, 6.45) is 5.19. The molecule has 0 saturated heterocycles. The zero-order valence-corrected chi connectivity index (χ0v) is 14.4. The SMILES string of the molecule is c1ccc2sc(CSCc3nnc(C4CC4)n3C3CC3)nc2c1. The van der Waals surface area contributed by atoms with Gasteiger partial charge in [-0.25, -0.2) is 4.98 Å². The molecule has 0 aliphatic heterocycles. The second-order valence-electron chi connectivity index (χ2n) is 6.42. The van der Waals surface area contributed by atoms with Crippen LogP contribution >= 0.6 is 23.1 Å². The van der Waals surface area contributed by atoms with Crippen LogP contribution < -0.4 is 0 Å². The zero-order chi connectivity index (χ0) is 15.2. The average Bonchev–Trinajstić information content (AvgIpc) is 3.49. The maximum absolute atomic E-state index is 4.71. The predicted octanol–water partition coefficient (Wildman–Crippen LogP) is 4.53. The van der Waals surface area contributed by atoms with Crippen LogP contribution in [0.4, 0.5) is 0 Å². The van der Waals surface area contributed by atoms with Crippen molar-refractivity contribution in [3.8, 4) is 0 Å². The van der Waals surface area contributed by atoms with E-state index in [0.29, 0.717) is 12.0 Å². The minimum atomic E-state index is 0.679. The van der Waals surface area contributed by atoms with E-state index in [1.54, 1.807) is 11.3 Å². The van der Waals surface area contributed by atoms with E-state index in [1.165, 1.54) is 47.0 Å². The van der Waals surface area contributed by atoms with Crippen LogP contribution in [0.15, 0.2) is 24.3 Å². The highest BCUT2D eigenvalue weighted by Gasteiger charge is 2.36. The van der Waals surface area contributed by atoms with Gasteiger partial charge in [0.2, 0.25) is 0 Å². The standard InChI is InChI=1S/C17H18N4S2/c1-2-4-14-13(3-1)18-16(23-14)10-22-9-15-19-20-17(11-5-6-11)21(15)12-7-8-12/h1-4,11-12H,5-10H2.